The Morgan fingerprint density at radius 1 is 1.40 bits per heavy atom. The van der Waals surface area contributed by atoms with E-state index in [1.165, 1.54) is 0 Å². The van der Waals surface area contributed by atoms with Gasteiger partial charge in [0.2, 0.25) is 5.91 Å². The van der Waals surface area contributed by atoms with E-state index in [1.54, 1.807) is 19.6 Å². The SMILES string of the molecule is COc1cccc(CC(=O)NCCCc2cnoc2)c1. The minimum atomic E-state index is 0.0172. The molecule has 1 N–H and O–H groups in total. The third-order valence-electron chi connectivity index (χ3n) is 2.95. The van der Waals surface area contributed by atoms with E-state index < -0.39 is 0 Å². The van der Waals surface area contributed by atoms with E-state index in [0.717, 1.165) is 29.7 Å². The maximum atomic E-state index is 11.8. The molecular weight excluding hydrogens is 256 g/mol. The van der Waals surface area contributed by atoms with Gasteiger partial charge in [0.15, 0.2) is 0 Å². The number of amides is 1. The molecule has 5 nitrogen and oxygen atoms in total. The van der Waals surface area contributed by atoms with Crippen molar-refractivity contribution >= 4 is 5.91 Å². The van der Waals surface area contributed by atoms with E-state index in [4.69, 9.17) is 9.26 Å². The van der Waals surface area contributed by atoms with E-state index >= 15 is 0 Å². The van der Waals surface area contributed by atoms with Crippen LogP contribution in [0.1, 0.15) is 17.5 Å². The van der Waals surface area contributed by atoms with Crippen LogP contribution in [0.4, 0.5) is 0 Å². The number of nitrogens with one attached hydrogen (secondary N) is 1. The molecule has 1 aromatic carbocycles. The first-order chi connectivity index (χ1) is 9.78. The molecule has 1 heterocycles. The third kappa shape index (κ3) is 4.42. The summed E-state index contributed by atoms with van der Waals surface area (Å²) in [5.74, 6) is 0.784. The highest BCUT2D eigenvalue weighted by molar-refractivity contribution is 5.78. The molecule has 0 aliphatic rings. The number of aromatic nitrogens is 1. The Labute approximate surface area is 117 Å². The zero-order valence-corrected chi connectivity index (χ0v) is 11.5. The Morgan fingerprint density at radius 3 is 3.05 bits per heavy atom. The van der Waals surface area contributed by atoms with Gasteiger partial charge in [0, 0.05) is 12.1 Å². The minimum absolute atomic E-state index is 0.0172. The highest BCUT2D eigenvalue weighted by Crippen LogP contribution is 2.12. The molecule has 0 aliphatic heterocycles. The van der Waals surface area contributed by atoms with Crippen molar-refractivity contribution in [2.24, 2.45) is 0 Å². The summed E-state index contributed by atoms with van der Waals surface area (Å²) in [7, 11) is 1.61. The van der Waals surface area contributed by atoms with E-state index in [0.29, 0.717) is 13.0 Å². The molecule has 0 unspecified atom stereocenters. The zero-order valence-electron chi connectivity index (χ0n) is 11.5. The van der Waals surface area contributed by atoms with Crippen molar-refractivity contribution in [3.05, 3.63) is 47.9 Å². The second-order valence-electron chi connectivity index (χ2n) is 4.51. The fourth-order valence-corrected chi connectivity index (χ4v) is 1.90. The van der Waals surface area contributed by atoms with Gasteiger partial charge >= 0.3 is 0 Å². The van der Waals surface area contributed by atoms with Crippen LogP contribution in [0.2, 0.25) is 0 Å². The zero-order chi connectivity index (χ0) is 14.2. The van der Waals surface area contributed by atoms with Gasteiger partial charge in [-0.25, -0.2) is 0 Å². The first-order valence-electron chi connectivity index (χ1n) is 6.56. The number of methoxy groups -OCH3 is 1. The van der Waals surface area contributed by atoms with E-state index in [2.05, 4.69) is 10.5 Å². The molecule has 2 aromatic rings. The molecule has 0 atom stereocenters. The number of carbonyl (C=O) groups is 1. The van der Waals surface area contributed by atoms with Crippen LogP contribution >= 0.6 is 0 Å². The van der Waals surface area contributed by atoms with Gasteiger partial charge in [-0.15, -0.1) is 0 Å². The Hall–Kier alpha value is -2.30. The molecule has 0 spiro atoms. The van der Waals surface area contributed by atoms with Gasteiger partial charge in [-0.3, -0.25) is 4.79 Å². The lowest BCUT2D eigenvalue weighted by Gasteiger charge is -2.06. The molecule has 106 valence electrons. The van der Waals surface area contributed by atoms with Crippen molar-refractivity contribution in [1.29, 1.82) is 0 Å². The fraction of sp³-hybridized carbons (Fsp3) is 0.333. The monoisotopic (exact) mass is 274 g/mol. The van der Waals surface area contributed by atoms with Crippen LogP contribution in [-0.2, 0) is 17.6 Å². The van der Waals surface area contributed by atoms with Crippen LogP contribution in [0.25, 0.3) is 0 Å². The second kappa shape index (κ2) is 7.33. The number of aryl methyl sites for hydroxylation is 1. The first-order valence-corrected chi connectivity index (χ1v) is 6.56. The van der Waals surface area contributed by atoms with Gasteiger partial charge in [-0.2, -0.15) is 0 Å². The molecule has 0 radical (unpaired) electrons. The highest BCUT2D eigenvalue weighted by atomic mass is 16.5. The number of benzene rings is 1. The summed E-state index contributed by atoms with van der Waals surface area (Å²) in [6.07, 6.45) is 5.40. The largest absolute Gasteiger partial charge is 0.497 e. The average Bonchev–Trinajstić information content (AvgIpc) is 2.97. The Balaban J connectivity index is 1.69. The Kier molecular flexibility index (Phi) is 5.17. The normalized spacial score (nSPS) is 10.2. The molecule has 20 heavy (non-hydrogen) atoms. The molecule has 5 heteroatoms. The van der Waals surface area contributed by atoms with Crippen LogP contribution in [0.3, 0.4) is 0 Å². The van der Waals surface area contributed by atoms with Gasteiger partial charge in [0.05, 0.1) is 19.7 Å². The average molecular weight is 274 g/mol. The number of carbonyl (C=O) groups excluding carboxylic acids is 1. The van der Waals surface area contributed by atoms with Crippen molar-refractivity contribution in [2.75, 3.05) is 13.7 Å². The number of hydrogen-bond donors (Lipinski definition) is 1. The third-order valence-corrected chi connectivity index (χ3v) is 2.95. The van der Waals surface area contributed by atoms with E-state index in [9.17, 15) is 4.79 Å². The summed E-state index contributed by atoms with van der Waals surface area (Å²) in [4.78, 5) is 11.8. The van der Waals surface area contributed by atoms with Gasteiger partial charge in [-0.05, 0) is 30.5 Å². The maximum Gasteiger partial charge on any atom is 0.224 e. The van der Waals surface area contributed by atoms with E-state index in [-0.39, 0.29) is 5.91 Å². The standard InChI is InChI=1S/C15H18N2O3/c1-19-14-6-2-4-12(8-14)9-15(18)16-7-3-5-13-10-17-20-11-13/h2,4,6,8,10-11H,3,5,7,9H2,1H3,(H,16,18). The number of ether oxygens (including phenoxy) is 1. The van der Waals surface area contributed by atoms with Crippen molar-refractivity contribution in [1.82, 2.24) is 10.5 Å². The summed E-state index contributed by atoms with van der Waals surface area (Å²) in [5.41, 5.74) is 1.99. The molecule has 0 saturated heterocycles. The summed E-state index contributed by atoms with van der Waals surface area (Å²) in [5, 5.41) is 6.53. The number of nitrogens with zero attached hydrogens (tertiary/aromatic N) is 1. The number of hydrogen-bond acceptors (Lipinski definition) is 4. The lowest BCUT2D eigenvalue weighted by atomic mass is 10.1. The van der Waals surface area contributed by atoms with Crippen LogP contribution < -0.4 is 10.1 Å². The molecule has 0 aliphatic carbocycles. The molecule has 0 saturated carbocycles. The van der Waals surface area contributed by atoms with Crippen LogP contribution in [0.15, 0.2) is 41.2 Å². The maximum absolute atomic E-state index is 11.8. The van der Waals surface area contributed by atoms with Crippen LogP contribution in [0.5, 0.6) is 5.75 Å². The van der Waals surface area contributed by atoms with Gasteiger partial charge in [0.25, 0.3) is 0 Å². The Bertz CT molecular complexity index is 538. The fourth-order valence-electron chi connectivity index (χ4n) is 1.90. The summed E-state index contributed by atoms with van der Waals surface area (Å²) >= 11 is 0. The lowest BCUT2D eigenvalue weighted by Crippen LogP contribution is -2.26. The van der Waals surface area contributed by atoms with Crippen molar-refractivity contribution < 1.29 is 14.1 Å². The van der Waals surface area contributed by atoms with Gasteiger partial charge < -0.3 is 14.6 Å². The van der Waals surface area contributed by atoms with Gasteiger partial charge in [0.1, 0.15) is 12.0 Å². The predicted molar refractivity (Wildman–Crippen MR) is 74.5 cm³/mol. The molecule has 1 amide bonds. The molecule has 0 fully saturated rings. The highest BCUT2D eigenvalue weighted by Gasteiger charge is 2.04. The van der Waals surface area contributed by atoms with Crippen LogP contribution in [0, 0.1) is 0 Å². The van der Waals surface area contributed by atoms with Crippen molar-refractivity contribution in [3.63, 3.8) is 0 Å². The van der Waals surface area contributed by atoms with Crippen molar-refractivity contribution in [2.45, 2.75) is 19.3 Å². The number of rotatable bonds is 7. The summed E-state index contributed by atoms with van der Waals surface area (Å²) < 4.78 is 9.87. The van der Waals surface area contributed by atoms with E-state index in [1.807, 2.05) is 24.3 Å². The smallest absolute Gasteiger partial charge is 0.224 e. The predicted octanol–water partition coefficient (Wildman–Crippen LogP) is 1.97. The topological polar surface area (TPSA) is 64.4 Å². The summed E-state index contributed by atoms with van der Waals surface area (Å²) in [6, 6.07) is 7.53. The Morgan fingerprint density at radius 2 is 2.30 bits per heavy atom. The van der Waals surface area contributed by atoms with Crippen LogP contribution in [-0.4, -0.2) is 24.7 Å². The quantitative estimate of drug-likeness (QED) is 0.784. The first kappa shape index (κ1) is 14.1. The van der Waals surface area contributed by atoms with Gasteiger partial charge in [-0.1, -0.05) is 17.3 Å². The molecular formula is C15H18N2O3. The minimum Gasteiger partial charge on any atom is -0.497 e. The molecule has 2 rings (SSSR count). The molecule has 0 bridgehead atoms. The molecule has 1 aromatic heterocycles. The summed E-state index contributed by atoms with van der Waals surface area (Å²) in [6.45, 7) is 0.647. The van der Waals surface area contributed by atoms with Crippen molar-refractivity contribution in [3.8, 4) is 5.75 Å². The lowest BCUT2D eigenvalue weighted by molar-refractivity contribution is -0.120. The second-order valence-corrected chi connectivity index (χ2v) is 4.51.